The fourth-order valence-electron chi connectivity index (χ4n) is 3.17. The van der Waals surface area contributed by atoms with Crippen LogP contribution in [0.2, 0.25) is 0 Å². The highest BCUT2D eigenvalue weighted by atomic mass is 16.3. The first kappa shape index (κ1) is 18.6. The minimum atomic E-state index is -0.375. The van der Waals surface area contributed by atoms with E-state index in [0.717, 1.165) is 48.1 Å². The number of imide groups is 1. The van der Waals surface area contributed by atoms with Gasteiger partial charge < -0.3 is 14.9 Å². The van der Waals surface area contributed by atoms with Crippen molar-refractivity contribution in [2.75, 3.05) is 55.0 Å². The molecule has 1 heterocycles. The van der Waals surface area contributed by atoms with Crippen LogP contribution in [0.5, 0.6) is 5.75 Å². The summed E-state index contributed by atoms with van der Waals surface area (Å²) in [6, 6.07) is 14.7. The molecule has 1 aliphatic heterocycles. The van der Waals surface area contributed by atoms with Crippen LogP contribution >= 0.6 is 0 Å². The van der Waals surface area contributed by atoms with E-state index in [1.807, 2.05) is 36.4 Å². The molecule has 1 aliphatic rings. The summed E-state index contributed by atoms with van der Waals surface area (Å²) in [5.41, 5.74) is 2.95. The lowest BCUT2D eigenvalue weighted by atomic mass is 10.2. The number of urea groups is 1. The number of rotatable bonds is 4. The van der Waals surface area contributed by atoms with Crippen molar-refractivity contribution in [3.05, 3.63) is 48.5 Å². The lowest BCUT2D eigenvalue weighted by Gasteiger charge is -2.37. The van der Waals surface area contributed by atoms with Crippen molar-refractivity contribution in [1.82, 2.24) is 4.90 Å². The van der Waals surface area contributed by atoms with Crippen LogP contribution in [0, 0.1) is 0 Å². The van der Waals surface area contributed by atoms with Crippen LogP contribution in [0.15, 0.2) is 48.5 Å². The molecule has 0 saturated carbocycles. The van der Waals surface area contributed by atoms with Gasteiger partial charge in [0.25, 0.3) is 0 Å². The topological polar surface area (TPSA) is 67.3 Å². The molecule has 2 aromatic carbocycles. The van der Waals surface area contributed by atoms with Crippen LogP contribution in [0.25, 0.3) is 0 Å². The maximum absolute atomic E-state index is 12.0. The summed E-state index contributed by atoms with van der Waals surface area (Å²) >= 11 is 0. The highest BCUT2D eigenvalue weighted by molar-refractivity contribution is 5.96. The molecule has 0 aliphatic carbocycles. The smallest absolute Gasteiger partial charge is 0.330 e. The third-order valence-electron chi connectivity index (χ3n) is 4.84. The van der Waals surface area contributed by atoms with Gasteiger partial charge in [-0.3, -0.25) is 14.6 Å². The normalized spacial score (nSPS) is 14.0. The fourth-order valence-corrected chi connectivity index (χ4v) is 3.17. The molecule has 7 heteroatoms. The Bertz CT molecular complexity index is 784. The third-order valence-corrected chi connectivity index (χ3v) is 4.84. The van der Waals surface area contributed by atoms with Crippen molar-refractivity contribution in [3.63, 3.8) is 0 Å². The van der Waals surface area contributed by atoms with Gasteiger partial charge in [0, 0.05) is 57.3 Å². The van der Waals surface area contributed by atoms with E-state index in [9.17, 15) is 14.7 Å². The molecule has 3 amide bonds. The molecular formula is C20H24N4O3. The van der Waals surface area contributed by atoms with Crippen molar-refractivity contribution in [3.8, 4) is 5.75 Å². The van der Waals surface area contributed by atoms with E-state index in [1.54, 1.807) is 19.2 Å². The predicted octanol–water partition coefficient (Wildman–Crippen LogP) is 2.36. The Morgan fingerprint density at radius 2 is 1.33 bits per heavy atom. The number of hydrogen-bond donors (Lipinski definition) is 1. The Morgan fingerprint density at radius 1 is 0.889 bits per heavy atom. The van der Waals surface area contributed by atoms with E-state index < -0.39 is 0 Å². The number of phenolic OH excluding ortho intramolecular Hbond substituents is 1. The molecule has 142 valence electrons. The summed E-state index contributed by atoms with van der Waals surface area (Å²) in [5.74, 6) is 0.278. The Labute approximate surface area is 159 Å². The van der Waals surface area contributed by atoms with Gasteiger partial charge >= 0.3 is 6.03 Å². The molecule has 7 nitrogen and oxygen atoms in total. The minimum absolute atomic E-state index is 0.278. The van der Waals surface area contributed by atoms with Crippen LogP contribution in [0.4, 0.5) is 21.9 Å². The molecule has 0 spiro atoms. The van der Waals surface area contributed by atoms with Crippen LogP contribution < -0.4 is 14.7 Å². The summed E-state index contributed by atoms with van der Waals surface area (Å²) < 4.78 is 0. The third kappa shape index (κ3) is 4.13. The molecule has 1 fully saturated rings. The van der Waals surface area contributed by atoms with E-state index in [0.29, 0.717) is 6.41 Å². The van der Waals surface area contributed by atoms with Gasteiger partial charge in [-0.1, -0.05) is 0 Å². The number of nitrogens with zero attached hydrogens (tertiary/aromatic N) is 4. The monoisotopic (exact) mass is 368 g/mol. The van der Waals surface area contributed by atoms with E-state index in [-0.39, 0.29) is 11.8 Å². The molecule has 0 unspecified atom stereocenters. The molecule has 2 aromatic rings. The van der Waals surface area contributed by atoms with E-state index in [4.69, 9.17) is 0 Å². The van der Waals surface area contributed by atoms with Gasteiger partial charge in [0.05, 0.1) is 0 Å². The first-order valence-corrected chi connectivity index (χ1v) is 8.84. The van der Waals surface area contributed by atoms with Gasteiger partial charge in [-0.2, -0.15) is 0 Å². The summed E-state index contributed by atoms with van der Waals surface area (Å²) in [5, 5.41) is 9.41. The molecular weight excluding hydrogens is 344 g/mol. The van der Waals surface area contributed by atoms with Gasteiger partial charge in [-0.25, -0.2) is 4.79 Å². The minimum Gasteiger partial charge on any atom is -0.508 e. The molecule has 1 N–H and O–H groups in total. The predicted molar refractivity (Wildman–Crippen MR) is 107 cm³/mol. The highest BCUT2D eigenvalue weighted by Crippen LogP contribution is 2.24. The first-order chi connectivity index (χ1) is 13.0. The second kappa shape index (κ2) is 7.99. The number of hydrogen-bond acceptors (Lipinski definition) is 5. The number of piperazine rings is 1. The molecule has 0 bridgehead atoms. The summed E-state index contributed by atoms with van der Waals surface area (Å²) in [4.78, 5) is 29.8. The lowest BCUT2D eigenvalue weighted by molar-refractivity contribution is -0.114. The zero-order chi connectivity index (χ0) is 19.4. The van der Waals surface area contributed by atoms with Crippen molar-refractivity contribution < 1.29 is 14.7 Å². The zero-order valence-corrected chi connectivity index (χ0v) is 15.6. The summed E-state index contributed by atoms with van der Waals surface area (Å²) in [6.07, 6.45) is 0.501. The first-order valence-electron chi connectivity index (χ1n) is 8.84. The maximum Gasteiger partial charge on any atom is 0.330 e. The van der Waals surface area contributed by atoms with E-state index in [2.05, 4.69) is 9.80 Å². The van der Waals surface area contributed by atoms with Gasteiger partial charge in [-0.15, -0.1) is 0 Å². The van der Waals surface area contributed by atoms with Gasteiger partial charge in [0.1, 0.15) is 5.75 Å². The lowest BCUT2D eigenvalue weighted by Crippen LogP contribution is -2.46. The quantitative estimate of drug-likeness (QED) is 0.839. The van der Waals surface area contributed by atoms with Crippen LogP contribution in [0.1, 0.15) is 0 Å². The Kier molecular flexibility index (Phi) is 5.49. The van der Waals surface area contributed by atoms with E-state index in [1.165, 1.54) is 11.9 Å². The average Bonchev–Trinajstić information content (AvgIpc) is 2.73. The fraction of sp³-hybridized carbons (Fsp3) is 0.300. The number of anilines is 3. The number of carbonyl (C=O) groups excluding carboxylic acids is 2. The van der Waals surface area contributed by atoms with Gasteiger partial charge in [-0.05, 0) is 48.5 Å². The molecule has 1 saturated heterocycles. The second-order valence-electron chi connectivity index (χ2n) is 6.56. The number of aromatic hydroxyl groups is 1. The Morgan fingerprint density at radius 3 is 1.78 bits per heavy atom. The van der Waals surface area contributed by atoms with Crippen LogP contribution in [-0.4, -0.2) is 62.7 Å². The standard InChI is InChI=1S/C20H24N4O3/c1-21(15-25)20(27)22(2)16-3-5-17(6-4-16)23-11-13-24(14-12-23)18-7-9-19(26)10-8-18/h3-10,15,26H,11-14H2,1-2H3. The maximum atomic E-state index is 12.0. The van der Waals surface area contributed by atoms with Crippen molar-refractivity contribution in [2.24, 2.45) is 0 Å². The molecule has 3 rings (SSSR count). The largest absolute Gasteiger partial charge is 0.508 e. The SMILES string of the molecule is CN(C=O)C(=O)N(C)c1ccc(N2CCN(c3ccc(O)cc3)CC2)cc1. The van der Waals surface area contributed by atoms with Crippen LogP contribution in [-0.2, 0) is 4.79 Å². The second-order valence-corrected chi connectivity index (χ2v) is 6.56. The van der Waals surface area contributed by atoms with E-state index >= 15 is 0 Å². The van der Waals surface area contributed by atoms with Gasteiger partial charge in [0.2, 0.25) is 6.41 Å². The van der Waals surface area contributed by atoms with Gasteiger partial charge in [0.15, 0.2) is 0 Å². The summed E-state index contributed by atoms with van der Waals surface area (Å²) in [6.45, 7) is 3.58. The zero-order valence-electron chi connectivity index (χ0n) is 15.6. The molecule has 0 radical (unpaired) electrons. The Balaban J connectivity index is 1.61. The summed E-state index contributed by atoms with van der Waals surface area (Å²) in [7, 11) is 3.08. The van der Waals surface area contributed by atoms with Crippen LogP contribution in [0.3, 0.4) is 0 Å². The highest BCUT2D eigenvalue weighted by Gasteiger charge is 2.19. The molecule has 0 atom stereocenters. The molecule has 27 heavy (non-hydrogen) atoms. The Hall–Kier alpha value is -3.22. The number of carbonyl (C=O) groups is 2. The average molecular weight is 368 g/mol. The number of amides is 3. The van der Waals surface area contributed by atoms with Crippen molar-refractivity contribution in [1.29, 1.82) is 0 Å². The molecule has 0 aromatic heterocycles. The van der Waals surface area contributed by atoms with Crippen molar-refractivity contribution >= 4 is 29.5 Å². The van der Waals surface area contributed by atoms with Crippen molar-refractivity contribution in [2.45, 2.75) is 0 Å². The number of benzene rings is 2. The number of phenols is 1.